The normalized spacial score (nSPS) is 12.8. The van der Waals surface area contributed by atoms with Crippen molar-refractivity contribution < 1.29 is 22.7 Å². The minimum absolute atomic E-state index is 0.188. The zero-order valence-electron chi connectivity index (χ0n) is 19.3. The molecule has 0 bridgehead atoms. The number of anilines is 2. The zero-order valence-corrected chi connectivity index (χ0v) is 20.9. The van der Waals surface area contributed by atoms with Crippen molar-refractivity contribution in [1.82, 2.24) is 0 Å². The number of ether oxygens (including phenoxy) is 1. The van der Waals surface area contributed by atoms with Crippen LogP contribution in [0.4, 0.5) is 10.7 Å². The lowest BCUT2D eigenvalue weighted by Gasteiger charge is -2.23. The summed E-state index contributed by atoms with van der Waals surface area (Å²) in [6.07, 6.45) is 3.83. The quantitative estimate of drug-likeness (QED) is 0.483. The van der Waals surface area contributed by atoms with E-state index in [0.29, 0.717) is 21.8 Å². The van der Waals surface area contributed by atoms with E-state index >= 15 is 0 Å². The van der Waals surface area contributed by atoms with Gasteiger partial charge in [-0.1, -0.05) is 29.8 Å². The maximum atomic E-state index is 12.9. The van der Waals surface area contributed by atoms with Crippen LogP contribution in [-0.4, -0.2) is 33.7 Å². The Hall–Kier alpha value is -3.17. The number of carbonyl (C=O) groups excluding carboxylic acids is 2. The Balaban J connectivity index is 1.55. The van der Waals surface area contributed by atoms with E-state index in [0.717, 1.165) is 47.1 Å². The van der Waals surface area contributed by atoms with Gasteiger partial charge in [-0.3, -0.25) is 9.10 Å². The average Bonchev–Trinajstić information content (AvgIpc) is 3.38. The molecule has 1 aliphatic rings. The first-order chi connectivity index (χ1) is 16.2. The number of aryl methyl sites for hydroxylation is 2. The molecule has 2 aromatic carbocycles. The Labute approximate surface area is 203 Å². The number of hydrogen-bond donors (Lipinski definition) is 1. The molecule has 34 heavy (non-hydrogen) atoms. The summed E-state index contributed by atoms with van der Waals surface area (Å²) >= 11 is 1.41. The zero-order chi connectivity index (χ0) is 24.5. The molecule has 1 aliphatic carbocycles. The van der Waals surface area contributed by atoms with E-state index < -0.39 is 16.0 Å². The molecule has 1 N–H and O–H groups in total. The van der Waals surface area contributed by atoms with Gasteiger partial charge in [-0.2, -0.15) is 0 Å². The van der Waals surface area contributed by atoms with Crippen molar-refractivity contribution in [2.24, 2.45) is 0 Å². The highest BCUT2D eigenvalue weighted by molar-refractivity contribution is 7.92. The minimum Gasteiger partial charge on any atom is -0.465 e. The Morgan fingerprint density at radius 2 is 1.74 bits per heavy atom. The molecule has 0 fully saturated rings. The molecule has 0 unspecified atom stereocenters. The minimum atomic E-state index is -3.54. The number of fused-ring (bicyclic) bond motifs is 1. The summed E-state index contributed by atoms with van der Waals surface area (Å²) < 4.78 is 31.2. The first-order valence-electron chi connectivity index (χ1n) is 10.8. The topological polar surface area (TPSA) is 92.8 Å². The van der Waals surface area contributed by atoms with Crippen LogP contribution in [0.3, 0.4) is 0 Å². The summed E-state index contributed by atoms with van der Waals surface area (Å²) in [6.45, 7) is 2.16. The third kappa shape index (κ3) is 5.00. The highest BCUT2D eigenvalue weighted by atomic mass is 32.2. The van der Waals surface area contributed by atoms with Gasteiger partial charge >= 0.3 is 5.97 Å². The summed E-state index contributed by atoms with van der Waals surface area (Å²) in [5, 5.41) is 3.33. The summed E-state index contributed by atoms with van der Waals surface area (Å²) in [6, 6.07) is 14.0. The molecule has 0 atom stereocenters. The fourth-order valence-electron chi connectivity index (χ4n) is 4.02. The van der Waals surface area contributed by atoms with Crippen molar-refractivity contribution in [2.45, 2.75) is 32.7 Å². The Kier molecular flexibility index (Phi) is 6.77. The summed E-state index contributed by atoms with van der Waals surface area (Å²) in [5.41, 5.74) is 4.17. The molecule has 0 radical (unpaired) electrons. The monoisotopic (exact) mass is 498 g/mol. The molecular weight excluding hydrogens is 472 g/mol. The van der Waals surface area contributed by atoms with Gasteiger partial charge in [0.1, 0.15) is 5.00 Å². The second kappa shape index (κ2) is 9.60. The number of methoxy groups -OCH3 is 1. The van der Waals surface area contributed by atoms with Gasteiger partial charge in [-0.15, -0.1) is 11.3 Å². The fraction of sp³-hybridized carbons (Fsp3) is 0.280. The van der Waals surface area contributed by atoms with E-state index in [1.165, 1.54) is 22.8 Å². The fourth-order valence-corrected chi connectivity index (χ4v) is 6.18. The first kappa shape index (κ1) is 24.0. The molecule has 4 rings (SSSR count). The maximum absolute atomic E-state index is 12.9. The third-order valence-electron chi connectivity index (χ3n) is 5.80. The molecule has 1 aromatic heterocycles. The number of nitrogens with one attached hydrogen (secondary N) is 1. The lowest BCUT2D eigenvalue weighted by atomic mass is 10.1. The van der Waals surface area contributed by atoms with Gasteiger partial charge in [0.15, 0.2) is 0 Å². The van der Waals surface area contributed by atoms with Crippen LogP contribution in [0.2, 0.25) is 0 Å². The van der Waals surface area contributed by atoms with Crippen LogP contribution in [0.1, 0.15) is 48.7 Å². The first-order valence-corrected chi connectivity index (χ1v) is 13.5. The molecule has 1 amide bonds. The van der Waals surface area contributed by atoms with Gasteiger partial charge in [-0.25, -0.2) is 13.2 Å². The van der Waals surface area contributed by atoms with E-state index in [4.69, 9.17) is 4.74 Å². The number of esters is 1. The second-order valence-electron chi connectivity index (χ2n) is 8.31. The highest BCUT2D eigenvalue weighted by Crippen LogP contribution is 2.39. The van der Waals surface area contributed by atoms with E-state index in [-0.39, 0.29) is 12.5 Å². The van der Waals surface area contributed by atoms with Crippen LogP contribution in [0.5, 0.6) is 0 Å². The molecule has 178 valence electrons. The predicted octanol–water partition coefficient (Wildman–Crippen LogP) is 4.55. The molecule has 0 saturated carbocycles. The lowest BCUT2D eigenvalue weighted by molar-refractivity contribution is 0.0601. The number of sulfonamides is 1. The number of nitrogens with zero attached hydrogens (tertiary/aromatic N) is 1. The number of carbonyl (C=O) groups is 2. The van der Waals surface area contributed by atoms with Crippen LogP contribution >= 0.6 is 11.3 Å². The number of benzene rings is 2. The molecule has 1 heterocycles. The maximum Gasteiger partial charge on any atom is 0.341 e. The smallest absolute Gasteiger partial charge is 0.341 e. The SMILES string of the molecule is COC(=O)c1c(NC(=O)c2ccc(N(Cc3ccc(C)cc3)S(C)(=O)=O)cc2)sc2c1CCC2. The van der Waals surface area contributed by atoms with Crippen molar-refractivity contribution in [3.05, 3.63) is 81.2 Å². The third-order valence-corrected chi connectivity index (χ3v) is 8.15. The molecule has 0 spiro atoms. The van der Waals surface area contributed by atoms with E-state index in [1.54, 1.807) is 24.3 Å². The molecule has 3 aromatic rings. The molecule has 0 saturated heterocycles. The standard InChI is InChI=1S/C25H26N2O5S2/c1-16-7-9-17(10-8-16)15-27(34(3,30)31)19-13-11-18(12-14-19)23(28)26-24-22(25(29)32-2)20-5-4-6-21(20)33-24/h7-14H,4-6,15H2,1-3H3,(H,26,28). The van der Waals surface area contributed by atoms with Gasteiger partial charge in [0.2, 0.25) is 10.0 Å². The summed E-state index contributed by atoms with van der Waals surface area (Å²) in [5.74, 6) is -0.828. The van der Waals surface area contributed by atoms with Crippen LogP contribution in [0.15, 0.2) is 48.5 Å². The van der Waals surface area contributed by atoms with Gasteiger partial charge < -0.3 is 10.1 Å². The van der Waals surface area contributed by atoms with Gasteiger partial charge in [-0.05, 0) is 61.6 Å². The highest BCUT2D eigenvalue weighted by Gasteiger charge is 2.28. The van der Waals surface area contributed by atoms with Crippen LogP contribution in [-0.2, 0) is 34.1 Å². The summed E-state index contributed by atoms with van der Waals surface area (Å²) in [4.78, 5) is 26.3. The summed E-state index contributed by atoms with van der Waals surface area (Å²) in [7, 11) is -2.21. The van der Waals surface area contributed by atoms with Crippen molar-refractivity contribution in [1.29, 1.82) is 0 Å². The largest absolute Gasteiger partial charge is 0.465 e. The predicted molar refractivity (Wildman–Crippen MR) is 134 cm³/mol. The van der Waals surface area contributed by atoms with E-state index in [1.807, 2.05) is 31.2 Å². The number of hydrogen-bond acceptors (Lipinski definition) is 6. The van der Waals surface area contributed by atoms with Crippen LogP contribution in [0, 0.1) is 6.92 Å². The van der Waals surface area contributed by atoms with Crippen molar-refractivity contribution in [3.8, 4) is 0 Å². The lowest BCUT2D eigenvalue weighted by Crippen LogP contribution is -2.29. The van der Waals surface area contributed by atoms with Crippen LogP contribution in [0.25, 0.3) is 0 Å². The number of rotatable bonds is 7. The van der Waals surface area contributed by atoms with Crippen LogP contribution < -0.4 is 9.62 Å². The Morgan fingerprint density at radius 1 is 1.06 bits per heavy atom. The Morgan fingerprint density at radius 3 is 2.35 bits per heavy atom. The van der Waals surface area contributed by atoms with Gasteiger partial charge in [0.05, 0.1) is 31.2 Å². The van der Waals surface area contributed by atoms with E-state index in [2.05, 4.69) is 5.32 Å². The van der Waals surface area contributed by atoms with Crippen molar-refractivity contribution >= 4 is 43.9 Å². The second-order valence-corrected chi connectivity index (χ2v) is 11.3. The average molecular weight is 499 g/mol. The Bertz CT molecular complexity index is 1330. The number of thiophene rings is 1. The van der Waals surface area contributed by atoms with Crippen molar-refractivity contribution in [2.75, 3.05) is 23.0 Å². The van der Waals surface area contributed by atoms with Crippen molar-refractivity contribution in [3.63, 3.8) is 0 Å². The molecule has 9 heteroatoms. The van der Waals surface area contributed by atoms with E-state index in [9.17, 15) is 18.0 Å². The molecule has 0 aliphatic heterocycles. The molecular formula is C25H26N2O5S2. The van der Waals surface area contributed by atoms with Gasteiger partial charge in [0.25, 0.3) is 5.91 Å². The molecule has 7 nitrogen and oxygen atoms in total. The van der Waals surface area contributed by atoms with Gasteiger partial charge in [0, 0.05) is 10.4 Å². The number of amides is 1.